The van der Waals surface area contributed by atoms with E-state index >= 15 is 0 Å². The van der Waals surface area contributed by atoms with Gasteiger partial charge in [-0.2, -0.15) is 5.10 Å². The number of primary sulfonamides is 1. The van der Waals surface area contributed by atoms with E-state index < -0.39 is 10.0 Å². The summed E-state index contributed by atoms with van der Waals surface area (Å²) in [6.07, 6.45) is 2.45. The second-order valence-corrected chi connectivity index (χ2v) is 8.75. The first-order valence-corrected chi connectivity index (χ1v) is 10.8. The van der Waals surface area contributed by atoms with Crippen molar-refractivity contribution in [3.8, 4) is 28.4 Å². The van der Waals surface area contributed by atoms with Crippen molar-refractivity contribution >= 4 is 10.0 Å². The minimum atomic E-state index is -3.83. The Kier molecular flexibility index (Phi) is 4.01. The number of hydrogen-bond acceptors (Lipinski definition) is 5. The minimum Gasteiger partial charge on any atom is -0.454 e. The lowest BCUT2D eigenvalue weighted by Crippen LogP contribution is -2.18. The normalized spacial score (nSPS) is 16.0. The molecule has 0 saturated carbocycles. The summed E-state index contributed by atoms with van der Waals surface area (Å²) in [7, 11) is -3.83. The lowest BCUT2D eigenvalue weighted by atomic mass is 10.1. The van der Waals surface area contributed by atoms with Gasteiger partial charge in [0.25, 0.3) is 0 Å². The second-order valence-electron chi connectivity index (χ2n) is 7.19. The topological polar surface area (TPSA) is 90.4 Å². The quantitative estimate of drug-likeness (QED) is 0.575. The van der Waals surface area contributed by atoms with Crippen molar-refractivity contribution in [1.82, 2.24) is 14.7 Å². The number of fused-ring (bicyclic) bond motifs is 5. The van der Waals surface area contributed by atoms with E-state index in [9.17, 15) is 8.42 Å². The van der Waals surface area contributed by atoms with Gasteiger partial charge in [-0.1, -0.05) is 12.1 Å². The standard InChI is InChI=1S/C20H20N4O3S/c21-28(25,26)15-7-8-17-20(12-15)27-19-6-2-1-5-16(19)18-11-14(22-24(17)18)13-23-9-3-4-10-23/h1-2,5-8,11-12H,3-4,9-10,13H2,(H2,21,25,26). The summed E-state index contributed by atoms with van der Waals surface area (Å²) >= 11 is 0. The summed E-state index contributed by atoms with van der Waals surface area (Å²) in [5, 5.41) is 10.1. The number of nitrogens with two attached hydrogens (primary N) is 1. The first kappa shape index (κ1) is 17.4. The van der Waals surface area contributed by atoms with Gasteiger partial charge in [0.05, 0.1) is 16.3 Å². The predicted octanol–water partition coefficient (Wildman–Crippen LogP) is 2.89. The summed E-state index contributed by atoms with van der Waals surface area (Å²) in [6, 6.07) is 14.4. The number of ether oxygens (including phenoxy) is 1. The number of hydrogen-bond donors (Lipinski definition) is 1. The largest absolute Gasteiger partial charge is 0.454 e. The fraction of sp³-hybridized carbons (Fsp3) is 0.250. The van der Waals surface area contributed by atoms with Crippen LogP contribution in [0.5, 0.6) is 11.5 Å². The maximum absolute atomic E-state index is 11.8. The molecule has 2 aromatic carbocycles. The molecule has 3 heterocycles. The van der Waals surface area contributed by atoms with Crippen LogP contribution in [0.2, 0.25) is 0 Å². The zero-order valence-corrected chi connectivity index (χ0v) is 16.0. The molecular weight excluding hydrogens is 376 g/mol. The van der Waals surface area contributed by atoms with Crippen molar-refractivity contribution in [2.45, 2.75) is 24.3 Å². The summed E-state index contributed by atoms with van der Waals surface area (Å²) in [4.78, 5) is 2.41. The number of aromatic nitrogens is 2. The Bertz CT molecular complexity index is 1160. The summed E-state index contributed by atoms with van der Waals surface area (Å²) < 4.78 is 31.5. The molecule has 8 heteroatoms. The molecule has 2 aliphatic heterocycles. The first-order valence-electron chi connectivity index (χ1n) is 9.25. The molecule has 0 aliphatic carbocycles. The highest BCUT2D eigenvalue weighted by Gasteiger charge is 2.25. The molecule has 0 unspecified atom stereocenters. The Hall–Kier alpha value is -2.68. The number of likely N-dealkylation sites (tertiary alicyclic amines) is 1. The van der Waals surface area contributed by atoms with Crippen molar-refractivity contribution in [2.75, 3.05) is 13.1 Å². The highest BCUT2D eigenvalue weighted by Crippen LogP contribution is 2.42. The van der Waals surface area contributed by atoms with Crippen molar-refractivity contribution in [3.05, 3.63) is 54.2 Å². The van der Waals surface area contributed by atoms with Gasteiger partial charge in [0.2, 0.25) is 10.0 Å². The second kappa shape index (κ2) is 6.44. The Labute approximate surface area is 163 Å². The molecule has 0 spiro atoms. The average Bonchev–Trinajstić information content (AvgIpc) is 3.29. The van der Waals surface area contributed by atoms with Crippen LogP contribution >= 0.6 is 0 Å². The number of benzene rings is 2. The van der Waals surface area contributed by atoms with Crippen LogP contribution in [0.15, 0.2) is 53.4 Å². The molecule has 0 atom stereocenters. The highest BCUT2D eigenvalue weighted by atomic mass is 32.2. The zero-order valence-electron chi connectivity index (χ0n) is 15.2. The van der Waals surface area contributed by atoms with E-state index in [4.69, 9.17) is 15.0 Å². The maximum atomic E-state index is 11.8. The molecule has 5 rings (SSSR count). The number of rotatable bonds is 3. The fourth-order valence-corrected chi connectivity index (χ4v) is 4.40. The van der Waals surface area contributed by atoms with Crippen molar-refractivity contribution in [3.63, 3.8) is 0 Å². The molecule has 0 amide bonds. The maximum Gasteiger partial charge on any atom is 0.238 e. The fourth-order valence-electron chi connectivity index (χ4n) is 3.87. The van der Waals surface area contributed by atoms with Gasteiger partial charge >= 0.3 is 0 Å². The number of para-hydroxylation sites is 1. The molecule has 28 heavy (non-hydrogen) atoms. The monoisotopic (exact) mass is 396 g/mol. The molecule has 1 saturated heterocycles. The van der Waals surface area contributed by atoms with Crippen LogP contribution in [0.25, 0.3) is 16.9 Å². The zero-order chi connectivity index (χ0) is 19.3. The van der Waals surface area contributed by atoms with Gasteiger partial charge in [-0.3, -0.25) is 4.90 Å². The van der Waals surface area contributed by atoms with Gasteiger partial charge in [0, 0.05) is 18.2 Å². The molecule has 0 radical (unpaired) electrons. The van der Waals surface area contributed by atoms with Gasteiger partial charge in [0.15, 0.2) is 5.75 Å². The Morgan fingerprint density at radius 3 is 2.61 bits per heavy atom. The van der Waals surface area contributed by atoms with E-state index in [0.717, 1.165) is 36.6 Å². The van der Waals surface area contributed by atoms with Gasteiger partial charge < -0.3 is 4.74 Å². The Morgan fingerprint density at radius 1 is 1.04 bits per heavy atom. The average molecular weight is 396 g/mol. The van der Waals surface area contributed by atoms with Crippen LogP contribution in [0.4, 0.5) is 0 Å². The first-order chi connectivity index (χ1) is 13.5. The van der Waals surface area contributed by atoms with E-state index in [1.807, 2.05) is 28.9 Å². The molecule has 1 fully saturated rings. The van der Waals surface area contributed by atoms with Gasteiger partial charge in [0.1, 0.15) is 11.4 Å². The van der Waals surface area contributed by atoms with Gasteiger partial charge in [-0.05, 0) is 56.3 Å². The summed E-state index contributed by atoms with van der Waals surface area (Å²) in [6.45, 7) is 2.99. The number of nitrogens with zero attached hydrogens (tertiary/aromatic N) is 3. The molecule has 7 nitrogen and oxygen atoms in total. The minimum absolute atomic E-state index is 0.0108. The molecule has 2 aliphatic rings. The molecular formula is C20H20N4O3S. The van der Waals surface area contributed by atoms with Gasteiger partial charge in [-0.15, -0.1) is 0 Å². The molecule has 2 N–H and O–H groups in total. The third-order valence-corrected chi connectivity index (χ3v) is 6.13. The van der Waals surface area contributed by atoms with Crippen LogP contribution in [0.1, 0.15) is 18.5 Å². The number of sulfonamides is 1. The summed E-state index contributed by atoms with van der Waals surface area (Å²) in [5.74, 6) is 1.07. The summed E-state index contributed by atoms with van der Waals surface area (Å²) in [5.41, 5.74) is 3.50. The highest BCUT2D eigenvalue weighted by molar-refractivity contribution is 7.89. The Morgan fingerprint density at radius 2 is 1.82 bits per heavy atom. The predicted molar refractivity (Wildman–Crippen MR) is 105 cm³/mol. The van der Waals surface area contributed by atoms with Crippen molar-refractivity contribution in [1.29, 1.82) is 0 Å². The van der Waals surface area contributed by atoms with Crippen LogP contribution < -0.4 is 9.88 Å². The molecule has 144 valence electrons. The SMILES string of the molecule is NS(=O)(=O)c1ccc2c(c1)Oc1ccccc1-c1cc(CN3CCCC3)nn1-2. The molecule has 1 aromatic heterocycles. The van der Waals surface area contributed by atoms with Crippen LogP contribution in [-0.2, 0) is 16.6 Å². The van der Waals surface area contributed by atoms with E-state index in [-0.39, 0.29) is 4.90 Å². The molecule has 3 aromatic rings. The van der Waals surface area contributed by atoms with E-state index in [0.29, 0.717) is 17.2 Å². The van der Waals surface area contributed by atoms with E-state index in [2.05, 4.69) is 11.0 Å². The third kappa shape index (κ3) is 2.99. The lowest BCUT2D eigenvalue weighted by molar-refractivity contribution is 0.326. The van der Waals surface area contributed by atoms with E-state index in [1.54, 1.807) is 6.07 Å². The van der Waals surface area contributed by atoms with Crippen LogP contribution in [0.3, 0.4) is 0 Å². The van der Waals surface area contributed by atoms with Crippen molar-refractivity contribution in [2.24, 2.45) is 5.14 Å². The van der Waals surface area contributed by atoms with Crippen LogP contribution in [-0.4, -0.2) is 36.2 Å². The lowest BCUT2D eigenvalue weighted by Gasteiger charge is -2.13. The Balaban J connectivity index is 1.67. The van der Waals surface area contributed by atoms with E-state index in [1.165, 1.54) is 25.0 Å². The third-order valence-electron chi connectivity index (χ3n) is 5.22. The van der Waals surface area contributed by atoms with Crippen molar-refractivity contribution < 1.29 is 13.2 Å². The smallest absolute Gasteiger partial charge is 0.238 e. The molecule has 0 bridgehead atoms. The van der Waals surface area contributed by atoms with Crippen LogP contribution in [0, 0.1) is 0 Å². The van der Waals surface area contributed by atoms with Gasteiger partial charge in [-0.25, -0.2) is 18.2 Å².